The normalized spacial score (nSPS) is 12.7. The molecular formula is C14H22N2O. The molecule has 0 saturated heterocycles. The Balaban J connectivity index is 2.51. The largest absolute Gasteiger partial charge is 0.370 e. The van der Waals surface area contributed by atoms with Crippen molar-refractivity contribution in [1.29, 1.82) is 0 Å². The van der Waals surface area contributed by atoms with Gasteiger partial charge in [0.25, 0.3) is 0 Å². The van der Waals surface area contributed by atoms with Gasteiger partial charge in [0.2, 0.25) is 5.91 Å². The second-order valence-corrected chi connectivity index (χ2v) is 4.71. The Morgan fingerprint density at radius 3 is 2.18 bits per heavy atom. The van der Waals surface area contributed by atoms with E-state index in [0.29, 0.717) is 18.9 Å². The third-order valence-electron chi connectivity index (χ3n) is 2.93. The zero-order chi connectivity index (χ0) is 12.8. The van der Waals surface area contributed by atoms with Gasteiger partial charge in [-0.1, -0.05) is 38.1 Å². The Morgan fingerprint density at radius 1 is 1.18 bits per heavy atom. The molecule has 0 fully saturated rings. The molecule has 3 nitrogen and oxygen atoms in total. The van der Waals surface area contributed by atoms with Crippen molar-refractivity contribution in [2.24, 2.45) is 5.73 Å². The maximum atomic E-state index is 10.6. The van der Waals surface area contributed by atoms with Crippen molar-refractivity contribution in [3.05, 3.63) is 35.4 Å². The quantitative estimate of drug-likeness (QED) is 0.793. The Labute approximate surface area is 103 Å². The number of carbonyl (C=O) groups excluding carboxylic acids is 1. The minimum Gasteiger partial charge on any atom is -0.370 e. The van der Waals surface area contributed by atoms with Gasteiger partial charge in [0.1, 0.15) is 0 Å². The number of nitrogens with two attached hydrogens (primary N) is 1. The third kappa shape index (κ3) is 4.57. The first-order chi connectivity index (χ1) is 8.00. The van der Waals surface area contributed by atoms with Crippen molar-refractivity contribution in [2.75, 3.05) is 6.54 Å². The molecule has 0 heterocycles. The number of benzene rings is 1. The molecule has 3 N–H and O–H groups in total. The fourth-order valence-corrected chi connectivity index (χ4v) is 1.70. The number of rotatable bonds is 6. The molecule has 1 amide bonds. The van der Waals surface area contributed by atoms with E-state index in [1.54, 1.807) is 0 Å². The van der Waals surface area contributed by atoms with Crippen molar-refractivity contribution in [3.63, 3.8) is 0 Å². The average Bonchev–Trinajstić information content (AvgIpc) is 2.28. The fraction of sp³-hybridized carbons (Fsp3) is 0.500. The number of nitrogens with one attached hydrogen (secondary N) is 1. The molecule has 0 bridgehead atoms. The molecule has 0 spiro atoms. The summed E-state index contributed by atoms with van der Waals surface area (Å²) in [4.78, 5) is 10.6. The lowest BCUT2D eigenvalue weighted by atomic mass is 9.99. The van der Waals surface area contributed by atoms with E-state index in [1.807, 2.05) is 0 Å². The van der Waals surface area contributed by atoms with Crippen molar-refractivity contribution >= 4 is 5.91 Å². The van der Waals surface area contributed by atoms with Gasteiger partial charge in [-0.25, -0.2) is 0 Å². The molecule has 17 heavy (non-hydrogen) atoms. The second-order valence-electron chi connectivity index (χ2n) is 4.71. The average molecular weight is 234 g/mol. The molecule has 1 atom stereocenters. The van der Waals surface area contributed by atoms with E-state index in [1.165, 1.54) is 11.1 Å². The molecule has 0 aliphatic heterocycles. The van der Waals surface area contributed by atoms with Gasteiger partial charge in [-0.3, -0.25) is 4.79 Å². The molecule has 3 heteroatoms. The van der Waals surface area contributed by atoms with Crippen LogP contribution in [0.3, 0.4) is 0 Å². The highest BCUT2D eigenvalue weighted by atomic mass is 16.1. The van der Waals surface area contributed by atoms with Crippen molar-refractivity contribution in [1.82, 2.24) is 5.32 Å². The van der Waals surface area contributed by atoms with Crippen LogP contribution in [0.25, 0.3) is 0 Å². The highest BCUT2D eigenvalue weighted by Crippen LogP contribution is 2.18. The third-order valence-corrected chi connectivity index (χ3v) is 2.93. The molecule has 0 radical (unpaired) electrons. The minimum absolute atomic E-state index is 0.246. The van der Waals surface area contributed by atoms with Crippen LogP contribution >= 0.6 is 0 Å². The zero-order valence-electron chi connectivity index (χ0n) is 10.9. The summed E-state index contributed by atoms with van der Waals surface area (Å²) in [5.41, 5.74) is 7.67. The van der Waals surface area contributed by atoms with Gasteiger partial charge in [-0.2, -0.15) is 0 Å². The van der Waals surface area contributed by atoms with Gasteiger partial charge < -0.3 is 11.1 Å². The van der Waals surface area contributed by atoms with E-state index in [9.17, 15) is 4.79 Å². The topological polar surface area (TPSA) is 55.1 Å². The number of amides is 1. The van der Waals surface area contributed by atoms with Crippen LogP contribution < -0.4 is 11.1 Å². The molecule has 0 saturated carbocycles. The molecule has 0 aliphatic carbocycles. The summed E-state index contributed by atoms with van der Waals surface area (Å²) in [5.74, 6) is 0.294. The van der Waals surface area contributed by atoms with Crippen molar-refractivity contribution < 1.29 is 4.79 Å². The lowest BCUT2D eigenvalue weighted by Crippen LogP contribution is -2.24. The Morgan fingerprint density at radius 2 is 1.71 bits per heavy atom. The maximum absolute atomic E-state index is 10.6. The Kier molecular flexibility index (Phi) is 5.16. The molecule has 0 aliphatic rings. The summed E-state index contributed by atoms with van der Waals surface area (Å²) < 4.78 is 0. The number of carbonyl (C=O) groups is 1. The molecule has 1 aromatic carbocycles. The lowest BCUT2D eigenvalue weighted by Gasteiger charge is -2.15. The Bertz CT molecular complexity index is 357. The highest BCUT2D eigenvalue weighted by molar-refractivity contribution is 5.73. The highest BCUT2D eigenvalue weighted by Gasteiger charge is 2.06. The van der Waals surface area contributed by atoms with E-state index < -0.39 is 0 Å². The first kappa shape index (κ1) is 13.7. The second kappa shape index (κ2) is 6.40. The Hall–Kier alpha value is -1.35. The molecule has 1 unspecified atom stereocenters. The van der Waals surface area contributed by atoms with E-state index in [0.717, 1.165) is 0 Å². The summed E-state index contributed by atoms with van der Waals surface area (Å²) >= 11 is 0. The van der Waals surface area contributed by atoms with Crippen molar-refractivity contribution in [3.8, 4) is 0 Å². The van der Waals surface area contributed by atoms with Gasteiger partial charge in [0.05, 0.1) is 0 Å². The first-order valence-corrected chi connectivity index (χ1v) is 6.12. The molecule has 94 valence electrons. The van der Waals surface area contributed by atoms with E-state index in [4.69, 9.17) is 5.73 Å². The first-order valence-electron chi connectivity index (χ1n) is 6.12. The van der Waals surface area contributed by atoms with Crippen LogP contribution in [0.2, 0.25) is 0 Å². The van der Waals surface area contributed by atoms with Crippen molar-refractivity contribution in [2.45, 2.75) is 39.2 Å². The zero-order valence-corrected chi connectivity index (χ0v) is 10.9. The molecule has 1 aromatic rings. The summed E-state index contributed by atoms with van der Waals surface area (Å²) in [7, 11) is 0. The maximum Gasteiger partial charge on any atom is 0.218 e. The van der Waals surface area contributed by atoms with Crippen LogP contribution in [0.15, 0.2) is 24.3 Å². The molecular weight excluding hydrogens is 212 g/mol. The van der Waals surface area contributed by atoms with E-state index >= 15 is 0 Å². The SMILES string of the molecule is CC(C)c1ccc(C(C)NCCC(N)=O)cc1. The van der Waals surface area contributed by atoms with Crippen LogP contribution in [0.4, 0.5) is 0 Å². The number of hydrogen-bond donors (Lipinski definition) is 2. The summed E-state index contributed by atoms with van der Waals surface area (Å²) in [6, 6.07) is 8.84. The predicted molar refractivity (Wildman–Crippen MR) is 70.8 cm³/mol. The van der Waals surface area contributed by atoms with Crippen LogP contribution in [0, 0.1) is 0 Å². The molecule has 1 rings (SSSR count). The fourth-order valence-electron chi connectivity index (χ4n) is 1.70. The predicted octanol–water partition coefficient (Wildman–Crippen LogP) is 2.34. The summed E-state index contributed by atoms with van der Waals surface area (Å²) in [6.45, 7) is 7.08. The molecule has 0 aromatic heterocycles. The van der Waals surface area contributed by atoms with Crippen LogP contribution in [-0.2, 0) is 4.79 Å². The number of hydrogen-bond acceptors (Lipinski definition) is 2. The lowest BCUT2D eigenvalue weighted by molar-refractivity contribution is -0.117. The van der Waals surface area contributed by atoms with E-state index in [2.05, 4.69) is 50.4 Å². The monoisotopic (exact) mass is 234 g/mol. The summed E-state index contributed by atoms with van der Waals surface area (Å²) in [5, 5.41) is 3.28. The smallest absolute Gasteiger partial charge is 0.218 e. The van der Waals surface area contributed by atoms with Crippen LogP contribution in [0.5, 0.6) is 0 Å². The van der Waals surface area contributed by atoms with E-state index in [-0.39, 0.29) is 11.9 Å². The standard InChI is InChI=1S/C14H22N2O/c1-10(2)12-4-6-13(7-5-12)11(3)16-9-8-14(15)17/h4-7,10-11,16H,8-9H2,1-3H3,(H2,15,17). The van der Waals surface area contributed by atoms with Gasteiger partial charge >= 0.3 is 0 Å². The van der Waals surface area contributed by atoms with Gasteiger partial charge in [-0.15, -0.1) is 0 Å². The van der Waals surface area contributed by atoms with Gasteiger partial charge in [-0.05, 0) is 24.0 Å². The number of primary amides is 1. The van der Waals surface area contributed by atoms with Gasteiger partial charge in [0.15, 0.2) is 0 Å². The van der Waals surface area contributed by atoms with Gasteiger partial charge in [0, 0.05) is 19.0 Å². The summed E-state index contributed by atoms with van der Waals surface area (Å²) in [6.07, 6.45) is 0.383. The van der Waals surface area contributed by atoms with Crippen LogP contribution in [0.1, 0.15) is 50.3 Å². The van der Waals surface area contributed by atoms with Crippen LogP contribution in [-0.4, -0.2) is 12.5 Å². The minimum atomic E-state index is -0.264.